The van der Waals surface area contributed by atoms with Crippen molar-refractivity contribution in [2.75, 3.05) is 18.0 Å². The van der Waals surface area contributed by atoms with Crippen LogP contribution in [0.15, 0.2) is 30.3 Å². The van der Waals surface area contributed by atoms with Gasteiger partial charge in [0, 0.05) is 23.7 Å². The highest BCUT2D eigenvalue weighted by Gasteiger charge is 2.32. The van der Waals surface area contributed by atoms with Crippen LogP contribution in [0.3, 0.4) is 0 Å². The predicted octanol–water partition coefficient (Wildman–Crippen LogP) is 7.35. The van der Waals surface area contributed by atoms with Crippen LogP contribution in [0.2, 0.25) is 5.02 Å². The van der Waals surface area contributed by atoms with Gasteiger partial charge in [-0.2, -0.15) is 0 Å². The maximum Gasteiger partial charge on any atom is 0.307 e. The van der Waals surface area contributed by atoms with E-state index in [1.54, 1.807) is 32.1 Å². The maximum absolute atomic E-state index is 11.6. The molecule has 0 unspecified atom stereocenters. The zero-order chi connectivity index (χ0) is 26.0. The lowest BCUT2D eigenvalue weighted by Gasteiger charge is -2.41. The third-order valence-corrected chi connectivity index (χ3v) is 8.42. The standard InChI is InChI=1S/C25H27ClN2O2S.C4H10O/c1-15-12-21-24(23(20(15)13-22(29)30)17-6-8-19(26)9-7-17)31-25(27-21)28-11-10-16-4-2-3-5-18(16)14-28;1-4(2,3)5/h6-9,12,16,18H,2-5,10-11,13-14H2,1H3,(H,29,30);5H,1-3H3/t16-,18+;/m0./s1. The lowest BCUT2D eigenvalue weighted by molar-refractivity contribution is -0.136. The Balaban J connectivity index is 0.000000556. The summed E-state index contributed by atoms with van der Waals surface area (Å²) in [6, 6.07) is 9.75. The number of hydrogen-bond acceptors (Lipinski definition) is 5. The van der Waals surface area contributed by atoms with Crippen molar-refractivity contribution in [1.29, 1.82) is 0 Å². The monoisotopic (exact) mass is 528 g/mol. The number of nitrogens with zero attached hydrogens (tertiary/aromatic N) is 2. The minimum Gasteiger partial charge on any atom is -0.481 e. The first kappa shape index (κ1) is 26.9. The number of piperidine rings is 1. The van der Waals surface area contributed by atoms with Crippen molar-refractivity contribution in [1.82, 2.24) is 4.98 Å². The van der Waals surface area contributed by atoms with Gasteiger partial charge in [-0.25, -0.2) is 4.98 Å². The molecule has 1 aromatic heterocycles. The van der Waals surface area contributed by atoms with Crippen LogP contribution >= 0.6 is 22.9 Å². The van der Waals surface area contributed by atoms with Crippen LogP contribution in [0.4, 0.5) is 5.13 Å². The van der Waals surface area contributed by atoms with Crippen LogP contribution in [-0.4, -0.2) is 39.9 Å². The van der Waals surface area contributed by atoms with Crippen molar-refractivity contribution in [3.05, 3.63) is 46.5 Å². The van der Waals surface area contributed by atoms with Gasteiger partial charge >= 0.3 is 5.97 Å². The van der Waals surface area contributed by atoms with Crippen LogP contribution in [0.25, 0.3) is 21.3 Å². The Hall–Kier alpha value is -2.15. The molecule has 194 valence electrons. The summed E-state index contributed by atoms with van der Waals surface area (Å²) in [6.45, 7) is 9.39. The Morgan fingerprint density at radius 3 is 2.42 bits per heavy atom. The fourth-order valence-electron chi connectivity index (χ4n) is 5.43. The second-order valence-corrected chi connectivity index (χ2v) is 12.6. The number of aliphatic carboxylic acids is 1. The van der Waals surface area contributed by atoms with Gasteiger partial charge in [-0.1, -0.05) is 54.3 Å². The van der Waals surface area contributed by atoms with Gasteiger partial charge < -0.3 is 15.1 Å². The summed E-state index contributed by atoms with van der Waals surface area (Å²) < 4.78 is 1.07. The van der Waals surface area contributed by atoms with Crippen molar-refractivity contribution in [3.8, 4) is 11.1 Å². The third-order valence-electron chi connectivity index (χ3n) is 7.02. The highest BCUT2D eigenvalue weighted by atomic mass is 35.5. The summed E-state index contributed by atoms with van der Waals surface area (Å²) in [5.41, 5.74) is 4.29. The minimum atomic E-state index is -0.818. The molecule has 1 saturated heterocycles. The SMILES string of the molecule is CC(C)(C)O.Cc1cc2nc(N3CC[C@@H]4CCCC[C@@H]4C3)sc2c(-c2ccc(Cl)cc2)c1CC(=O)O. The molecule has 3 aromatic rings. The van der Waals surface area contributed by atoms with E-state index in [4.69, 9.17) is 21.7 Å². The molecule has 0 radical (unpaired) electrons. The van der Waals surface area contributed by atoms with Crippen LogP contribution < -0.4 is 4.90 Å². The maximum atomic E-state index is 11.6. The van der Waals surface area contributed by atoms with E-state index in [2.05, 4.69) is 11.0 Å². The fourth-order valence-corrected chi connectivity index (χ4v) is 6.73. The number of anilines is 1. The van der Waals surface area contributed by atoms with Crippen molar-refractivity contribution >= 4 is 44.3 Å². The zero-order valence-electron chi connectivity index (χ0n) is 21.7. The van der Waals surface area contributed by atoms with Gasteiger partial charge in [0.25, 0.3) is 0 Å². The number of fused-ring (bicyclic) bond motifs is 2. The summed E-state index contributed by atoms with van der Waals surface area (Å²) in [7, 11) is 0. The quantitative estimate of drug-likeness (QED) is 0.370. The Morgan fingerprint density at radius 1 is 1.14 bits per heavy atom. The topological polar surface area (TPSA) is 73.7 Å². The molecule has 1 aliphatic carbocycles. The second-order valence-electron chi connectivity index (χ2n) is 11.2. The number of hydrogen-bond donors (Lipinski definition) is 2. The highest BCUT2D eigenvalue weighted by Crippen LogP contribution is 2.43. The lowest BCUT2D eigenvalue weighted by Crippen LogP contribution is -2.41. The predicted molar refractivity (Wildman–Crippen MR) is 150 cm³/mol. The minimum absolute atomic E-state index is 0.000431. The molecule has 2 aliphatic rings. The van der Waals surface area contributed by atoms with E-state index in [-0.39, 0.29) is 6.42 Å². The summed E-state index contributed by atoms with van der Waals surface area (Å²) in [4.78, 5) is 19.1. The molecule has 0 bridgehead atoms. The van der Waals surface area contributed by atoms with E-state index in [1.165, 1.54) is 32.1 Å². The van der Waals surface area contributed by atoms with Crippen molar-refractivity contribution in [2.24, 2.45) is 11.8 Å². The Kier molecular flexibility index (Phi) is 8.28. The molecular weight excluding hydrogens is 492 g/mol. The van der Waals surface area contributed by atoms with Crippen molar-refractivity contribution in [3.63, 3.8) is 0 Å². The van der Waals surface area contributed by atoms with Crippen LogP contribution in [0.1, 0.15) is 64.0 Å². The molecule has 7 heteroatoms. The lowest BCUT2D eigenvalue weighted by atomic mass is 9.75. The molecule has 2 heterocycles. The molecule has 2 aromatic carbocycles. The molecule has 1 aliphatic heterocycles. The molecular formula is C29H37ClN2O3S. The molecule has 2 N–H and O–H groups in total. The second kappa shape index (κ2) is 11.1. The van der Waals surface area contributed by atoms with Gasteiger partial charge in [-0.05, 0) is 87.3 Å². The number of carboxylic acid groups (broad SMARTS) is 1. The molecule has 1 saturated carbocycles. The molecule has 5 nitrogen and oxygen atoms in total. The Labute approximate surface area is 223 Å². The number of halogens is 1. The zero-order valence-corrected chi connectivity index (χ0v) is 23.3. The van der Waals surface area contributed by atoms with Crippen LogP contribution in [0.5, 0.6) is 0 Å². The smallest absolute Gasteiger partial charge is 0.307 e. The Bertz CT molecular complexity index is 1210. The molecule has 0 spiro atoms. The van der Waals surface area contributed by atoms with E-state index < -0.39 is 11.6 Å². The first-order valence-corrected chi connectivity index (χ1v) is 14.1. The molecule has 2 fully saturated rings. The first-order chi connectivity index (χ1) is 17.0. The fraction of sp³-hybridized carbons (Fsp3) is 0.517. The largest absolute Gasteiger partial charge is 0.481 e. The van der Waals surface area contributed by atoms with Gasteiger partial charge in [0.2, 0.25) is 0 Å². The van der Waals surface area contributed by atoms with Crippen LogP contribution in [0, 0.1) is 18.8 Å². The van der Waals surface area contributed by atoms with E-state index in [9.17, 15) is 9.90 Å². The average Bonchev–Trinajstić information content (AvgIpc) is 3.22. The summed E-state index contributed by atoms with van der Waals surface area (Å²) in [5, 5.41) is 19.8. The van der Waals surface area contributed by atoms with Crippen molar-refractivity contribution < 1.29 is 15.0 Å². The number of rotatable bonds is 4. The summed E-state index contributed by atoms with van der Waals surface area (Å²) >= 11 is 7.83. The van der Waals surface area contributed by atoms with Gasteiger partial charge in [-0.3, -0.25) is 4.79 Å². The van der Waals surface area contributed by atoms with Gasteiger partial charge in [0.15, 0.2) is 5.13 Å². The third kappa shape index (κ3) is 6.58. The molecule has 5 rings (SSSR count). The number of aliphatic hydroxyl groups is 1. The number of carbonyl (C=O) groups is 1. The van der Waals surface area contributed by atoms with Gasteiger partial charge in [0.05, 0.1) is 22.2 Å². The summed E-state index contributed by atoms with van der Waals surface area (Å²) in [6.07, 6.45) is 6.72. The Morgan fingerprint density at radius 2 is 1.78 bits per heavy atom. The molecule has 2 atom stereocenters. The number of benzene rings is 2. The van der Waals surface area contributed by atoms with E-state index in [0.29, 0.717) is 5.02 Å². The van der Waals surface area contributed by atoms with E-state index in [0.717, 1.165) is 62.5 Å². The molecule has 36 heavy (non-hydrogen) atoms. The number of carboxylic acids is 1. The first-order valence-electron chi connectivity index (χ1n) is 12.9. The number of thiazole rings is 1. The summed E-state index contributed by atoms with van der Waals surface area (Å²) in [5.74, 6) is 0.852. The van der Waals surface area contributed by atoms with Crippen molar-refractivity contribution in [2.45, 2.75) is 71.8 Å². The molecule has 0 amide bonds. The average molecular weight is 529 g/mol. The number of aromatic nitrogens is 1. The normalized spacial score (nSPS) is 20.0. The number of aryl methyl sites for hydroxylation is 1. The van der Waals surface area contributed by atoms with Gasteiger partial charge in [-0.15, -0.1) is 0 Å². The van der Waals surface area contributed by atoms with Gasteiger partial charge in [0.1, 0.15) is 0 Å². The highest BCUT2D eigenvalue weighted by molar-refractivity contribution is 7.22. The van der Waals surface area contributed by atoms with E-state index >= 15 is 0 Å². The van der Waals surface area contributed by atoms with E-state index in [1.807, 2.05) is 31.2 Å². The van der Waals surface area contributed by atoms with Crippen LogP contribution in [-0.2, 0) is 11.2 Å².